The van der Waals surface area contributed by atoms with Crippen molar-refractivity contribution in [1.82, 2.24) is 9.97 Å². The molecule has 0 amide bonds. The Balaban J connectivity index is 1.95. The Labute approximate surface area is 116 Å². The third-order valence-corrected chi connectivity index (χ3v) is 4.47. The van der Waals surface area contributed by atoms with Gasteiger partial charge in [-0.15, -0.1) is 11.8 Å². The van der Waals surface area contributed by atoms with Gasteiger partial charge in [0.05, 0.1) is 13.5 Å². The van der Waals surface area contributed by atoms with Gasteiger partial charge in [0.1, 0.15) is 10.8 Å². The second-order valence-electron chi connectivity index (χ2n) is 4.74. The lowest BCUT2D eigenvalue weighted by atomic mass is 10.1. The Morgan fingerprint density at radius 2 is 2.32 bits per heavy atom. The van der Waals surface area contributed by atoms with Crippen molar-refractivity contribution in [3.05, 3.63) is 6.07 Å². The molecule has 0 unspecified atom stereocenters. The lowest BCUT2D eigenvalue weighted by Crippen LogP contribution is -2.13. The highest BCUT2D eigenvalue weighted by molar-refractivity contribution is 7.99. The molecule has 3 N–H and O–H groups in total. The van der Waals surface area contributed by atoms with Crippen LogP contribution >= 0.6 is 11.8 Å². The molecular weight excluding hydrogens is 264 g/mol. The third-order valence-electron chi connectivity index (χ3n) is 3.21. The molecule has 0 atom stereocenters. The smallest absolute Gasteiger partial charge is 0.306 e. The van der Waals surface area contributed by atoms with Crippen LogP contribution in [0.15, 0.2) is 11.1 Å². The van der Waals surface area contributed by atoms with Crippen molar-refractivity contribution in [1.29, 1.82) is 0 Å². The summed E-state index contributed by atoms with van der Waals surface area (Å²) in [7, 11) is 3.21. The SMILES string of the molecule is CNc1cc(SCC2(CC(=O)OC)CC2)nc(N)n1. The van der Waals surface area contributed by atoms with Crippen LogP contribution < -0.4 is 11.1 Å². The van der Waals surface area contributed by atoms with Gasteiger partial charge in [-0.3, -0.25) is 4.79 Å². The average molecular weight is 282 g/mol. The molecule has 2 rings (SSSR count). The number of nitrogen functional groups attached to an aromatic ring is 1. The van der Waals surface area contributed by atoms with E-state index in [0.29, 0.717) is 12.2 Å². The summed E-state index contributed by atoms with van der Waals surface area (Å²) in [6.45, 7) is 0. The molecule has 1 aromatic heterocycles. The fourth-order valence-corrected chi connectivity index (χ4v) is 3.00. The predicted molar refractivity (Wildman–Crippen MR) is 75.0 cm³/mol. The zero-order valence-electron chi connectivity index (χ0n) is 11.1. The summed E-state index contributed by atoms with van der Waals surface area (Å²) >= 11 is 1.61. The maximum absolute atomic E-state index is 11.3. The molecular formula is C12H18N4O2S. The Morgan fingerprint density at radius 3 is 2.89 bits per heavy atom. The molecule has 0 aliphatic heterocycles. The molecule has 1 aliphatic carbocycles. The Kier molecular flexibility index (Phi) is 4.14. The molecule has 1 aromatic rings. The van der Waals surface area contributed by atoms with Gasteiger partial charge in [0, 0.05) is 18.9 Å². The van der Waals surface area contributed by atoms with Crippen LogP contribution in [-0.4, -0.2) is 35.8 Å². The van der Waals surface area contributed by atoms with Gasteiger partial charge in [0.15, 0.2) is 0 Å². The fourth-order valence-electron chi connectivity index (χ4n) is 1.80. The first-order valence-electron chi connectivity index (χ1n) is 6.09. The molecule has 0 radical (unpaired) electrons. The van der Waals surface area contributed by atoms with E-state index >= 15 is 0 Å². The number of nitrogens with one attached hydrogen (secondary N) is 1. The van der Waals surface area contributed by atoms with Gasteiger partial charge < -0.3 is 15.8 Å². The van der Waals surface area contributed by atoms with Crippen molar-refractivity contribution >= 4 is 29.5 Å². The van der Waals surface area contributed by atoms with Gasteiger partial charge in [-0.05, 0) is 18.3 Å². The largest absolute Gasteiger partial charge is 0.469 e. The van der Waals surface area contributed by atoms with Crippen LogP contribution in [0, 0.1) is 5.41 Å². The monoisotopic (exact) mass is 282 g/mol. The zero-order valence-corrected chi connectivity index (χ0v) is 11.9. The Morgan fingerprint density at radius 1 is 1.58 bits per heavy atom. The van der Waals surface area contributed by atoms with Crippen molar-refractivity contribution in [3.63, 3.8) is 0 Å². The number of methoxy groups -OCH3 is 1. The van der Waals surface area contributed by atoms with Gasteiger partial charge in [-0.1, -0.05) is 0 Å². The number of hydrogen-bond acceptors (Lipinski definition) is 7. The summed E-state index contributed by atoms with van der Waals surface area (Å²) in [5, 5.41) is 3.77. The standard InChI is InChI=1S/C12H18N4O2S/c1-14-8-5-9(16-11(13)15-8)19-7-12(3-4-12)6-10(17)18-2/h5H,3-4,6-7H2,1-2H3,(H3,13,14,15,16). The first kappa shape index (κ1) is 13.9. The zero-order chi connectivity index (χ0) is 13.9. The van der Waals surface area contributed by atoms with E-state index in [4.69, 9.17) is 10.5 Å². The van der Waals surface area contributed by atoms with Crippen molar-refractivity contribution in [2.24, 2.45) is 5.41 Å². The van der Waals surface area contributed by atoms with Crippen LogP contribution in [0.2, 0.25) is 0 Å². The molecule has 19 heavy (non-hydrogen) atoms. The van der Waals surface area contributed by atoms with Crippen LogP contribution in [0.5, 0.6) is 0 Å². The lowest BCUT2D eigenvalue weighted by Gasteiger charge is -2.13. The van der Waals surface area contributed by atoms with Gasteiger partial charge in [-0.2, -0.15) is 4.98 Å². The number of carbonyl (C=O) groups excluding carboxylic acids is 1. The Hall–Kier alpha value is -1.50. The minimum absolute atomic E-state index is 0.0806. The van der Waals surface area contributed by atoms with Crippen LogP contribution in [0.25, 0.3) is 0 Å². The minimum atomic E-state index is -0.142. The van der Waals surface area contributed by atoms with Crippen molar-refractivity contribution in [3.8, 4) is 0 Å². The second kappa shape index (κ2) is 5.64. The molecule has 0 spiro atoms. The fraction of sp³-hybridized carbons (Fsp3) is 0.583. The number of thioether (sulfide) groups is 1. The summed E-state index contributed by atoms with van der Waals surface area (Å²) in [4.78, 5) is 19.6. The van der Waals surface area contributed by atoms with E-state index in [1.165, 1.54) is 7.11 Å². The average Bonchev–Trinajstić information content (AvgIpc) is 3.16. The number of carbonyl (C=O) groups is 1. The molecule has 6 nitrogen and oxygen atoms in total. The third kappa shape index (κ3) is 3.73. The van der Waals surface area contributed by atoms with Gasteiger partial charge in [-0.25, -0.2) is 4.98 Å². The van der Waals surface area contributed by atoms with Gasteiger partial charge in [0.2, 0.25) is 5.95 Å². The molecule has 0 saturated heterocycles. The molecule has 0 aromatic carbocycles. The van der Waals surface area contributed by atoms with Crippen molar-refractivity contribution in [2.45, 2.75) is 24.3 Å². The molecule has 0 bridgehead atoms. The van der Waals surface area contributed by atoms with Crippen LogP contribution in [-0.2, 0) is 9.53 Å². The number of nitrogens with two attached hydrogens (primary N) is 1. The summed E-state index contributed by atoms with van der Waals surface area (Å²) in [5.41, 5.74) is 5.72. The summed E-state index contributed by atoms with van der Waals surface area (Å²) in [6.07, 6.45) is 2.61. The quantitative estimate of drug-likeness (QED) is 0.464. The van der Waals surface area contributed by atoms with Crippen LogP contribution in [0.3, 0.4) is 0 Å². The van der Waals surface area contributed by atoms with E-state index in [0.717, 1.165) is 23.6 Å². The maximum atomic E-state index is 11.3. The van der Waals surface area contributed by atoms with Crippen molar-refractivity contribution in [2.75, 3.05) is 31.0 Å². The molecule has 104 valence electrons. The number of nitrogens with zero attached hydrogens (tertiary/aromatic N) is 2. The molecule has 7 heteroatoms. The van der Waals surface area contributed by atoms with Crippen molar-refractivity contribution < 1.29 is 9.53 Å². The van der Waals surface area contributed by atoms with Gasteiger partial charge >= 0.3 is 5.97 Å². The van der Waals surface area contributed by atoms with E-state index in [2.05, 4.69) is 15.3 Å². The highest BCUT2D eigenvalue weighted by Crippen LogP contribution is 2.52. The second-order valence-corrected chi connectivity index (χ2v) is 5.74. The van der Waals surface area contributed by atoms with E-state index in [-0.39, 0.29) is 17.3 Å². The van der Waals surface area contributed by atoms with E-state index in [1.54, 1.807) is 18.8 Å². The maximum Gasteiger partial charge on any atom is 0.306 e. The van der Waals surface area contributed by atoms with Crippen LogP contribution in [0.1, 0.15) is 19.3 Å². The number of ether oxygens (including phenoxy) is 1. The van der Waals surface area contributed by atoms with E-state index < -0.39 is 0 Å². The minimum Gasteiger partial charge on any atom is -0.469 e. The van der Waals surface area contributed by atoms with Crippen LogP contribution in [0.4, 0.5) is 11.8 Å². The predicted octanol–water partition coefficient (Wildman–Crippen LogP) is 1.54. The summed E-state index contributed by atoms with van der Waals surface area (Å²) < 4.78 is 4.73. The highest BCUT2D eigenvalue weighted by Gasteiger charge is 2.44. The van der Waals surface area contributed by atoms with E-state index in [1.807, 2.05) is 6.07 Å². The normalized spacial score (nSPS) is 15.9. The Bertz CT molecular complexity index is 477. The number of hydrogen-bond donors (Lipinski definition) is 2. The molecule has 1 aliphatic rings. The first-order chi connectivity index (χ1) is 9.07. The summed E-state index contributed by atoms with van der Waals surface area (Å²) in [6, 6.07) is 1.86. The molecule has 1 heterocycles. The topological polar surface area (TPSA) is 90.1 Å². The summed E-state index contributed by atoms with van der Waals surface area (Å²) in [5.74, 6) is 1.66. The number of rotatable bonds is 6. The van der Waals surface area contributed by atoms with Gasteiger partial charge in [0.25, 0.3) is 0 Å². The number of esters is 1. The number of aromatic nitrogens is 2. The number of anilines is 2. The molecule has 1 saturated carbocycles. The lowest BCUT2D eigenvalue weighted by molar-refractivity contribution is -0.141. The van der Waals surface area contributed by atoms with E-state index in [9.17, 15) is 4.79 Å². The highest BCUT2D eigenvalue weighted by atomic mass is 32.2. The first-order valence-corrected chi connectivity index (χ1v) is 7.07. The molecule has 1 fully saturated rings.